The Morgan fingerprint density at radius 2 is 1.88 bits per heavy atom. The van der Waals surface area contributed by atoms with Crippen molar-refractivity contribution in [3.8, 4) is 0 Å². The molecule has 1 N–H and O–H groups in total. The van der Waals surface area contributed by atoms with E-state index < -0.39 is 0 Å². The number of carbonyl (C=O) groups is 1. The molecule has 2 atom stereocenters. The number of likely N-dealkylation sites (N-methyl/N-ethyl adjacent to an activating group) is 1. The highest BCUT2D eigenvalue weighted by molar-refractivity contribution is 5.78. The number of carbonyl (C=O) groups excluding carboxylic acids is 1. The van der Waals surface area contributed by atoms with Crippen molar-refractivity contribution >= 4 is 5.91 Å². The molecule has 1 fully saturated rings. The van der Waals surface area contributed by atoms with Crippen LogP contribution >= 0.6 is 0 Å². The molecule has 3 nitrogen and oxygen atoms in total. The lowest BCUT2D eigenvalue weighted by molar-refractivity contribution is -0.123. The Hall–Kier alpha value is -0.570. The first-order valence-electron chi connectivity index (χ1n) is 6.41. The van der Waals surface area contributed by atoms with Crippen LogP contribution in [0.4, 0.5) is 0 Å². The van der Waals surface area contributed by atoms with E-state index in [-0.39, 0.29) is 11.9 Å². The summed E-state index contributed by atoms with van der Waals surface area (Å²) in [5, 5.41) is 3.04. The molecule has 0 aromatic carbocycles. The highest BCUT2D eigenvalue weighted by Crippen LogP contribution is 2.34. The van der Waals surface area contributed by atoms with Gasteiger partial charge < -0.3 is 5.32 Å². The van der Waals surface area contributed by atoms with Crippen molar-refractivity contribution in [1.82, 2.24) is 10.2 Å². The van der Waals surface area contributed by atoms with E-state index in [1.165, 1.54) is 12.8 Å². The Labute approximate surface area is 99.6 Å². The van der Waals surface area contributed by atoms with Gasteiger partial charge in [-0.25, -0.2) is 0 Å². The van der Waals surface area contributed by atoms with Crippen LogP contribution < -0.4 is 5.32 Å². The fourth-order valence-electron chi connectivity index (χ4n) is 1.78. The average molecular weight is 226 g/mol. The first-order valence-corrected chi connectivity index (χ1v) is 6.41. The van der Waals surface area contributed by atoms with Gasteiger partial charge in [-0.15, -0.1) is 0 Å². The van der Waals surface area contributed by atoms with Gasteiger partial charge in [-0.05, 0) is 45.6 Å². The highest BCUT2D eigenvalue weighted by atomic mass is 16.2. The zero-order valence-electron chi connectivity index (χ0n) is 11.3. The summed E-state index contributed by atoms with van der Waals surface area (Å²) in [5.74, 6) is 1.46. The van der Waals surface area contributed by atoms with Gasteiger partial charge in [-0.3, -0.25) is 9.69 Å². The Bertz CT molecular complexity index is 236. The van der Waals surface area contributed by atoms with E-state index in [9.17, 15) is 4.79 Å². The van der Waals surface area contributed by atoms with Crippen molar-refractivity contribution in [2.45, 2.75) is 52.6 Å². The Morgan fingerprint density at radius 1 is 1.31 bits per heavy atom. The normalized spacial score (nSPS) is 19.9. The van der Waals surface area contributed by atoms with Gasteiger partial charge in [-0.2, -0.15) is 0 Å². The van der Waals surface area contributed by atoms with Crippen molar-refractivity contribution in [2.24, 2.45) is 11.8 Å². The lowest BCUT2D eigenvalue weighted by Gasteiger charge is -2.25. The van der Waals surface area contributed by atoms with E-state index >= 15 is 0 Å². The predicted molar refractivity (Wildman–Crippen MR) is 67.3 cm³/mol. The van der Waals surface area contributed by atoms with Gasteiger partial charge >= 0.3 is 0 Å². The van der Waals surface area contributed by atoms with Crippen LogP contribution in [0.1, 0.15) is 40.5 Å². The molecule has 1 rings (SSSR count). The predicted octanol–water partition coefficient (Wildman–Crippen LogP) is 1.88. The second-order valence-electron chi connectivity index (χ2n) is 5.59. The van der Waals surface area contributed by atoms with E-state index in [2.05, 4.69) is 37.9 Å². The molecular weight excluding hydrogens is 200 g/mol. The number of nitrogens with one attached hydrogen (secondary N) is 1. The molecule has 0 aromatic rings. The van der Waals surface area contributed by atoms with Crippen LogP contribution in [0.3, 0.4) is 0 Å². The minimum atomic E-state index is 0.149. The summed E-state index contributed by atoms with van der Waals surface area (Å²) in [7, 11) is 2.04. The van der Waals surface area contributed by atoms with E-state index in [0.29, 0.717) is 18.5 Å². The fraction of sp³-hybridized carbons (Fsp3) is 0.923. The van der Waals surface area contributed by atoms with Crippen molar-refractivity contribution in [2.75, 3.05) is 13.6 Å². The van der Waals surface area contributed by atoms with E-state index in [0.717, 1.165) is 5.92 Å². The van der Waals surface area contributed by atoms with Crippen molar-refractivity contribution in [1.29, 1.82) is 0 Å². The number of hydrogen-bond acceptors (Lipinski definition) is 2. The second-order valence-corrected chi connectivity index (χ2v) is 5.59. The molecule has 1 saturated carbocycles. The molecule has 0 heterocycles. The first kappa shape index (κ1) is 13.5. The Morgan fingerprint density at radius 3 is 2.31 bits per heavy atom. The molecule has 16 heavy (non-hydrogen) atoms. The van der Waals surface area contributed by atoms with Crippen LogP contribution in [0, 0.1) is 11.8 Å². The number of nitrogens with zero attached hydrogens (tertiary/aromatic N) is 1. The topological polar surface area (TPSA) is 32.3 Å². The largest absolute Gasteiger partial charge is 0.352 e. The molecule has 1 amide bonds. The number of amides is 1. The summed E-state index contributed by atoms with van der Waals surface area (Å²) in [6, 6.07) is 0.803. The molecule has 0 radical (unpaired) electrons. The van der Waals surface area contributed by atoms with Gasteiger partial charge in [-0.1, -0.05) is 13.8 Å². The molecule has 3 heteroatoms. The van der Waals surface area contributed by atoms with Gasteiger partial charge in [0.15, 0.2) is 0 Å². The first-order chi connectivity index (χ1) is 7.41. The zero-order chi connectivity index (χ0) is 12.3. The summed E-state index contributed by atoms with van der Waals surface area (Å²) < 4.78 is 0. The van der Waals surface area contributed by atoms with E-state index in [1.54, 1.807) is 0 Å². The summed E-state index contributed by atoms with van der Waals surface area (Å²) in [6.45, 7) is 9.06. The van der Waals surface area contributed by atoms with Crippen LogP contribution in [0.25, 0.3) is 0 Å². The SMILES string of the molecule is CC(C)C(C)NC(=O)CN(C)C(C)C1CC1. The lowest BCUT2D eigenvalue weighted by atomic mass is 10.1. The molecule has 1 aliphatic carbocycles. The van der Waals surface area contributed by atoms with Gasteiger partial charge in [0.2, 0.25) is 5.91 Å². The van der Waals surface area contributed by atoms with Gasteiger partial charge in [0.1, 0.15) is 0 Å². The summed E-state index contributed by atoms with van der Waals surface area (Å²) in [6.07, 6.45) is 2.66. The van der Waals surface area contributed by atoms with Gasteiger partial charge in [0, 0.05) is 12.1 Å². The third-order valence-electron chi connectivity index (χ3n) is 3.78. The fourth-order valence-corrected chi connectivity index (χ4v) is 1.78. The zero-order valence-corrected chi connectivity index (χ0v) is 11.3. The second kappa shape index (κ2) is 5.67. The van der Waals surface area contributed by atoms with Gasteiger partial charge in [0.05, 0.1) is 6.54 Å². The number of hydrogen-bond donors (Lipinski definition) is 1. The third-order valence-corrected chi connectivity index (χ3v) is 3.78. The Balaban J connectivity index is 2.27. The minimum Gasteiger partial charge on any atom is -0.352 e. The molecule has 0 saturated heterocycles. The van der Waals surface area contributed by atoms with Crippen molar-refractivity contribution in [3.63, 3.8) is 0 Å². The molecule has 1 aliphatic rings. The minimum absolute atomic E-state index is 0.149. The van der Waals surface area contributed by atoms with E-state index in [1.807, 2.05) is 7.05 Å². The quantitative estimate of drug-likeness (QED) is 0.750. The Kier molecular flexibility index (Phi) is 4.78. The van der Waals surface area contributed by atoms with Crippen molar-refractivity contribution in [3.05, 3.63) is 0 Å². The molecule has 94 valence electrons. The standard InChI is InChI=1S/C13H26N2O/c1-9(2)10(3)14-13(16)8-15(5)11(4)12-6-7-12/h9-12H,6-8H2,1-5H3,(H,14,16). The molecule has 2 unspecified atom stereocenters. The molecule has 0 aromatic heterocycles. The summed E-state index contributed by atoms with van der Waals surface area (Å²) >= 11 is 0. The average Bonchev–Trinajstić information content (AvgIpc) is 2.99. The highest BCUT2D eigenvalue weighted by Gasteiger charge is 2.31. The molecular formula is C13H26N2O. The third kappa shape index (κ3) is 4.12. The van der Waals surface area contributed by atoms with Crippen LogP contribution in [-0.2, 0) is 4.79 Å². The monoisotopic (exact) mass is 226 g/mol. The smallest absolute Gasteiger partial charge is 0.234 e. The lowest BCUT2D eigenvalue weighted by Crippen LogP contribution is -2.44. The maximum atomic E-state index is 11.8. The van der Waals surface area contributed by atoms with Crippen molar-refractivity contribution < 1.29 is 4.79 Å². The van der Waals surface area contributed by atoms with Crippen LogP contribution in [0.5, 0.6) is 0 Å². The van der Waals surface area contributed by atoms with Crippen LogP contribution in [0.15, 0.2) is 0 Å². The van der Waals surface area contributed by atoms with Crippen LogP contribution in [-0.4, -0.2) is 36.5 Å². The maximum Gasteiger partial charge on any atom is 0.234 e. The molecule has 0 bridgehead atoms. The maximum absolute atomic E-state index is 11.8. The van der Waals surface area contributed by atoms with Gasteiger partial charge in [0.25, 0.3) is 0 Å². The summed E-state index contributed by atoms with van der Waals surface area (Å²) in [5.41, 5.74) is 0. The number of rotatable bonds is 6. The molecule has 0 aliphatic heterocycles. The molecule has 0 spiro atoms. The summed E-state index contributed by atoms with van der Waals surface area (Å²) in [4.78, 5) is 13.9. The van der Waals surface area contributed by atoms with E-state index in [4.69, 9.17) is 0 Å². The van der Waals surface area contributed by atoms with Crippen LogP contribution in [0.2, 0.25) is 0 Å².